The standard InChI is InChI=1S/C14H19NO4S/c1-9-5-7-12(20-9)11(16)6-8-13(17)19-10(2)14(18)15(3)4/h5,7,10H,6,8H2,1-4H3. The molecule has 6 heteroatoms. The summed E-state index contributed by atoms with van der Waals surface area (Å²) in [5.41, 5.74) is 0. The van der Waals surface area contributed by atoms with Gasteiger partial charge in [-0.15, -0.1) is 11.3 Å². The minimum absolute atomic E-state index is 0.0131. The fourth-order valence-corrected chi connectivity index (χ4v) is 2.43. The molecule has 20 heavy (non-hydrogen) atoms. The van der Waals surface area contributed by atoms with Gasteiger partial charge in [0.15, 0.2) is 11.9 Å². The molecule has 0 saturated carbocycles. The molecule has 0 aliphatic carbocycles. The molecule has 5 nitrogen and oxygen atoms in total. The molecule has 1 rings (SSSR count). The van der Waals surface area contributed by atoms with Crippen molar-refractivity contribution in [2.45, 2.75) is 32.8 Å². The summed E-state index contributed by atoms with van der Waals surface area (Å²) >= 11 is 1.41. The van der Waals surface area contributed by atoms with E-state index in [-0.39, 0.29) is 24.5 Å². The molecule has 1 aromatic rings. The Labute approximate surface area is 122 Å². The summed E-state index contributed by atoms with van der Waals surface area (Å²) < 4.78 is 4.99. The van der Waals surface area contributed by atoms with Gasteiger partial charge in [0.05, 0.1) is 11.3 Å². The minimum Gasteiger partial charge on any atom is -0.453 e. The Morgan fingerprint density at radius 3 is 2.40 bits per heavy atom. The summed E-state index contributed by atoms with van der Waals surface area (Å²) in [5, 5.41) is 0. The number of amides is 1. The number of carbonyl (C=O) groups is 3. The topological polar surface area (TPSA) is 63.7 Å². The van der Waals surface area contributed by atoms with Gasteiger partial charge < -0.3 is 9.64 Å². The Hall–Kier alpha value is -1.69. The number of hydrogen-bond acceptors (Lipinski definition) is 5. The number of ether oxygens (including phenoxy) is 1. The molecular weight excluding hydrogens is 278 g/mol. The number of likely N-dealkylation sites (N-methyl/N-ethyl adjacent to an activating group) is 1. The van der Waals surface area contributed by atoms with Crippen molar-refractivity contribution < 1.29 is 19.1 Å². The first kappa shape index (κ1) is 16.4. The third-order valence-corrected chi connectivity index (χ3v) is 3.71. The number of aryl methyl sites for hydroxylation is 1. The fourth-order valence-electron chi connectivity index (χ4n) is 1.59. The van der Waals surface area contributed by atoms with Gasteiger partial charge in [-0.1, -0.05) is 0 Å². The minimum atomic E-state index is -0.823. The average molecular weight is 297 g/mol. The van der Waals surface area contributed by atoms with Crippen LogP contribution in [0.25, 0.3) is 0 Å². The summed E-state index contributed by atoms with van der Waals surface area (Å²) in [6.07, 6.45) is -0.737. The lowest BCUT2D eigenvalue weighted by molar-refractivity contribution is -0.157. The lowest BCUT2D eigenvalue weighted by Gasteiger charge is -2.17. The van der Waals surface area contributed by atoms with Crippen LogP contribution in [0, 0.1) is 6.92 Å². The van der Waals surface area contributed by atoms with Crippen LogP contribution in [0.1, 0.15) is 34.3 Å². The Bertz CT molecular complexity index is 507. The molecule has 110 valence electrons. The van der Waals surface area contributed by atoms with Crippen LogP contribution in [-0.2, 0) is 14.3 Å². The van der Waals surface area contributed by atoms with Crippen LogP contribution in [0.3, 0.4) is 0 Å². The molecule has 1 atom stereocenters. The summed E-state index contributed by atoms with van der Waals surface area (Å²) in [6, 6.07) is 3.62. The third-order valence-electron chi connectivity index (χ3n) is 2.67. The predicted octanol–water partition coefficient (Wildman–Crippen LogP) is 2.04. The van der Waals surface area contributed by atoms with E-state index in [1.807, 2.05) is 13.0 Å². The fraction of sp³-hybridized carbons (Fsp3) is 0.500. The predicted molar refractivity (Wildman–Crippen MR) is 76.9 cm³/mol. The van der Waals surface area contributed by atoms with Gasteiger partial charge in [-0.2, -0.15) is 0 Å². The first-order chi connectivity index (χ1) is 9.31. The highest BCUT2D eigenvalue weighted by Crippen LogP contribution is 2.17. The molecule has 0 saturated heterocycles. The van der Waals surface area contributed by atoms with E-state index in [9.17, 15) is 14.4 Å². The number of nitrogens with zero attached hydrogens (tertiary/aromatic N) is 1. The number of Topliss-reactive ketones (excluding diaryl/α,β-unsaturated/α-hetero) is 1. The lowest BCUT2D eigenvalue weighted by atomic mass is 10.2. The molecule has 1 aromatic heterocycles. The van der Waals surface area contributed by atoms with Crippen LogP contribution in [0.5, 0.6) is 0 Å². The van der Waals surface area contributed by atoms with Crippen LogP contribution in [-0.4, -0.2) is 42.8 Å². The molecule has 0 N–H and O–H groups in total. The van der Waals surface area contributed by atoms with Gasteiger partial charge in [-0.25, -0.2) is 0 Å². The second kappa shape index (κ2) is 7.19. The molecule has 1 heterocycles. The van der Waals surface area contributed by atoms with Gasteiger partial charge in [0.2, 0.25) is 0 Å². The Morgan fingerprint density at radius 1 is 1.25 bits per heavy atom. The van der Waals surface area contributed by atoms with Gasteiger partial charge >= 0.3 is 5.97 Å². The zero-order chi connectivity index (χ0) is 15.3. The molecular formula is C14H19NO4S. The van der Waals surface area contributed by atoms with E-state index in [1.54, 1.807) is 20.2 Å². The number of carbonyl (C=O) groups excluding carboxylic acids is 3. The largest absolute Gasteiger partial charge is 0.453 e. The molecule has 0 aliphatic rings. The van der Waals surface area contributed by atoms with Crippen molar-refractivity contribution in [3.63, 3.8) is 0 Å². The molecule has 0 aromatic carbocycles. The highest BCUT2D eigenvalue weighted by molar-refractivity contribution is 7.14. The second-order valence-electron chi connectivity index (χ2n) is 4.70. The van der Waals surface area contributed by atoms with Gasteiger partial charge in [0.25, 0.3) is 5.91 Å². The highest BCUT2D eigenvalue weighted by Gasteiger charge is 2.20. The van der Waals surface area contributed by atoms with Crippen molar-refractivity contribution >= 4 is 29.0 Å². The normalized spacial score (nSPS) is 11.8. The quantitative estimate of drug-likeness (QED) is 0.595. The van der Waals surface area contributed by atoms with E-state index < -0.39 is 12.1 Å². The first-order valence-corrected chi connectivity index (χ1v) is 7.13. The van der Waals surface area contributed by atoms with Crippen LogP contribution < -0.4 is 0 Å². The zero-order valence-electron chi connectivity index (χ0n) is 12.1. The Kier molecular flexibility index (Phi) is 5.88. The van der Waals surface area contributed by atoms with Crippen LogP contribution in [0.2, 0.25) is 0 Å². The highest BCUT2D eigenvalue weighted by atomic mass is 32.1. The lowest BCUT2D eigenvalue weighted by Crippen LogP contribution is -2.34. The van der Waals surface area contributed by atoms with Gasteiger partial charge in [-0.3, -0.25) is 14.4 Å². The molecule has 1 amide bonds. The van der Waals surface area contributed by atoms with Gasteiger partial charge in [0, 0.05) is 25.4 Å². The van der Waals surface area contributed by atoms with E-state index in [0.29, 0.717) is 4.88 Å². The second-order valence-corrected chi connectivity index (χ2v) is 5.99. The smallest absolute Gasteiger partial charge is 0.307 e. The van der Waals surface area contributed by atoms with Crippen molar-refractivity contribution in [1.29, 1.82) is 0 Å². The van der Waals surface area contributed by atoms with Crippen molar-refractivity contribution in [1.82, 2.24) is 4.90 Å². The molecule has 0 aliphatic heterocycles. The molecule has 0 bridgehead atoms. The van der Waals surface area contributed by atoms with Crippen molar-refractivity contribution in [2.75, 3.05) is 14.1 Å². The first-order valence-electron chi connectivity index (χ1n) is 6.31. The van der Waals surface area contributed by atoms with E-state index in [2.05, 4.69) is 0 Å². The number of esters is 1. The number of hydrogen-bond donors (Lipinski definition) is 0. The molecule has 0 fully saturated rings. The molecule has 1 unspecified atom stereocenters. The summed E-state index contributed by atoms with van der Waals surface area (Å²) in [5.74, 6) is -0.889. The van der Waals surface area contributed by atoms with E-state index in [4.69, 9.17) is 4.74 Å². The van der Waals surface area contributed by atoms with Crippen LogP contribution in [0.4, 0.5) is 0 Å². The molecule has 0 radical (unpaired) electrons. The zero-order valence-corrected chi connectivity index (χ0v) is 13.0. The SMILES string of the molecule is Cc1ccc(C(=O)CCC(=O)OC(C)C(=O)N(C)C)s1. The average Bonchev–Trinajstić information content (AvgIpc) is 2.81. The number of thiophene rings is 1. The molecule has 0 spiro atoms. The Morgan fingerprint density at radius 2 is 1.90 bits per heavy atom. The van der Waals surface area contributed by atoms with Crippen LogP contribution in [0.15, 0.2) is 12.1 Å². The monoisotopic (exact) mass is 297 g/mol. The van der Waals surface area contributed by atoms with Gasteiger partial charge in [0.1, 0.15) is 0 Å². The van der Waals surface area contributed by atoms with Crippen LogP contribution >= 0.6 is 11.3 Å². The van der Waals surface area contributed by atoms with E-state index in [0.717, 1.165) is 4.88 Å². The third kappa shape index (κ3) is 4.77. The summed E-state index contributed by atoms with van der Waals surface area (Å²) in [6.45, 7) is 3.44. The van der Waals surface area contributed by atoms with Crippen molar-refractivity contribution in [3.8, 4) is 0 Å². The maximum absolute atomic E-state index is 11.8. The maximum Gasteiger partial charge on any atom is 0.307 e. The summed E-state index contributed by atoms with van der Waals surface area (Å²) in [7, 11) is 3.19. The van der Waals surface area contributed by atoms with Crippen molar-refractivity contribution in [3.05, 3.63) is 21.9 Å². The number of ketones is 1. The van der Waals surface area contributed by atoms with E-state index in [1.165, 1.54) is 23.2 Å². The van der Waals surface area contributed by atoms with E-state index >= 15 is 0 Å². The Balaban J connectivity index is 2.40. The van der Waals surface area contributed by atoms with Gasteiger partial charge in [-0.05, 0) is 26.0 Å². The maximum atomic E-state index is 11.8. The van der Waals surface area contributed by atoms with Crippen molar-refractivity contribution in [2.24, 2.45) is 0 Å². The number of rotatable bonds is 6. The summed E-state index contributed by atoms with van der Waals surface area (Å²) in [4.78, 5) is 38.0.